The lowest BCUT2D eigenvalue weighted by Crippen LogP contribution is -2.50. The fraction of sp³-hybridized carbons (Fsp3) is 0.583. The van der Waals surface area contributed by atoms with Crippen molar-refractivity contribution in [1.29, 1.82) is 0 Å². The van der Waals surface area contributed by atoms with Crippen molar-refractivity contribution in [3.8, 4) is 0 Å². The molecule has 2 aliphatic rings. The van der Waals surface area contributed by atoms with Gasteiger partial charge in [0.2, 0.25) is 0 Å². The van der Waals surface area contributed by atoms with Crippen molar-refractivity contribution < 1.29 is 23.9 Å². The fourth-order valence-electron chi connectivity index (χ4n) is 4.47. The summed E-state index contributed by atoms with van der Waals surface area (Å²) in [5.41, 5.74) is 0.794. The average Bonchev–Trinajstić information content (AvgIpc) is 2.95. The highest BCUT2D eigenvalue weighted by atomic mass is 16.5. The predicted octanol–water partition coefficient (Wildman–Crippen LogP) is 3.50. The summed E-state index contributed by atoms with van der Waals surface area (Å²) in [6, 6.07) is 6.54. The van der Waals surface area contributed by atoms with Crippen LogP contribution in [0.2, 0.25) is 0 Å². The van der Waals surface area contributed by atoms with Crippen LogP contribution >= 0.6 is 0 Å². The molecule has 1 aliphatic heterocycles. The van der Waals surface area contributed by atoms with Crippen molar-refractivity contribution in [3.05, 3.63) is 35.4 Å². The minimum absolute atomic E-state index is 0.153. The number of ketones is 1. The molecule has 0 unspecified atom stereocenters. The van der Waals surface area contributed by atoms with Crippen LogP contribution in [-0.2, 0) is 20.7 Å². The minimum Gasteiger partial charge on any atom is -0.456 e. The molecule has 0 bridgehead atoms. The van der Waals surface area contributed by atoms with Gasteiger partial charge in [-0.25, -0.2) is 4.79 Å². The summed E-state index contributed by atoms with van der Waals surface area (Å²) < 4.78 is 5.05. The van der Waals surface area contributed by atoms with Crippen LogP contribution in [0.3, 0.4) is 0 Å². The molecule has 1 N–H and O–H groups in total. The fourth-order valence-corrected chi connectivity index (χ4v) is 4.47. The molecule has 7 nitrogen and oxygen atoms in total. The highest BCUT2D eigenvalue weighted by Gasteiger charge is 2.53. The number of nitrogens with zero attached hydrogens (tertiary/aromatic N) is 1. The standard InChI is InChI=1S/C24H32N2O5/c1-5-16-6-8-17(9-7-16)19(27)15-31-20(28)14-26-21(29)24(25-22(26)30)12-10-18(11-13-24)23(2,3)4/h6-9,18H,5,10-15H2,1-4H3,(H,25,30). The van der Waals surface area contributed by atoms with Gasteiger partial charge in [0, 0.05) is 5.56 Å². The quantitative estimate of drug-likeness (QED) is 0.425. The number of Topliss-reactive ketones (excluding diaryl/α,β-unsaturated/α-hetero) is 1. The van der Waals surface area contributed by atoms with Crippen LogP contribution in [0.25, 0.3) is 0 Å². The highest BCUT2D eigenvalue weighted by Crippen LogP contribution is 2.43. The summed E-state index contributed by atoms with van der Waals surface area (Å²) in [6.45, 7) is 7.67. The number of aryl methyl sites for hydroxylation is 1. The third kappa shape index (κ3) is 4.97. The van der Waals surface area contributed by atoms with Crippen molar-refractivity contribution in [2.75, 3.05) is 13.2 Å². The number of rotatable bonds is 6. The van der Waals surface area contributed by atoms with Gasteiger partial charge in [-0.15, -0.1) is 0 Å². The van der Waals surface area contributed by atoms with E-state index in [1.54, 1.807) is 12.1 Å². The molecule has 3 rings (SSSR count). The zero-order valence-electron chi connectivity index (χ0n) is 18.8. The zero-order chi connectivity index (χ0) is 22.8. The Bertz CT molecular complexity index is 861. The monoisotopic (exact) mass is 428 g/mol. The Morgan fingerprint density at radius 3 is 2.29 bits per heavy atom. The van der Waals surface area contributed by atoms with Crippen molar-refractivity contribution in [2.24, 2.45) is 11.3 Å². The van der Waals surface area contributed by atoms with Gasteiger partial charge in [-0.05, 0) is 49.0 Å². The van der Waals surface area contributed by atoms with E-state index in [4.69, 9.17) is 4.74 Å². The van der Waals surface area contributed by atoms with Gasteiger partial charge in [0.1, 0.15) is 12.1 Å². The average molecular weight is 429 g/mol. The maximum atomic E-state index is 13.0. The van der Waals surface area contributed by atoms with Gasteiger partial charge in [-0.1, -0.05) is 52.0 Å². The SMILES string of the molecule is CCc1ccc(C(=O)COC(=O)CN2C(=O)NC3(CCC(C(C)(C)C)CC3)C2=O)cc1. The van der Waals surface area contributed by atoms with Crippen LogP contribution in [0, 0.1) is 11.3 Å². The summed E-state index contributed by atoms with van der Waals surface area (Å²) in [7, 11) is 0. The number of benzene rings is 1. The zero-order valence-corrected chi connectivity index (χ0v) is 18.8. The molecule has 0 radical (unpaired) electrons. The molecular formula is C24H32N2O5. The van der Waals surface area contributed by atoms with Gasteiger partial charge in [0.15, 0.2) is 12.4 Å². The Morgan fingerprint density at radius 1 is 1.13 bits per heavy atom. The second-order valence-corrected chi connectivity index (χ2v) is 9.68. The van der Waals surface area contributed by atoms with Gasteiger partial charge < -0.3 is 10.1 Å². The van der Waals surface area contributed by atoms with E-state index in [0.29, 0.717) is 24.3 Å². The van der Waals surface area contributed by atoms with Gasteiger partial charge in [0.25, 0.3) is 5.91 Å². The third-order valence-corrected chi connectivity index (χ3v) is 6.65. The van der Waals surface area contributed by atoms with Crippen LogP contribution in [0.1, 0.15) is 69.3 Å². The number of nitrogens with one attached hydrogen (secondary N) is 1. The van der Waals surface area contributed by atoms with Gasteiger partial charge in [0.05, 0.1) is 0 Å². The molecule has 1 saturated heterocycles. The Hall–Kier alpha value is -2.70. The Labute approximate surface area is 183 Å². The molecule has 1 heterocycles. The summed E-state index contributed by atoms with van der Waals surface area (Å²) in [4.78, 5) is 50.8. The minimum atomic E-state index is -0.921. The summed E-state index contributed by atoms with van der Waals surface area (Å²) >= 11 is 0. The first-order valence-electron chi connectivity index (χ1n) is 11.0. The molecule has 1 spiro atoms. The molecule has 0 atom stereocenters. The van der Waals surface area contributed by atoms with Gasteiger partial charge >= 0.3 is 12.0 Å². The van der Waals surface area contributed by atoms with E-state index in [-0.39, 0.29) is 17.1 Å². The summed E-state index contributed by atoms with van der Waals surface area (Å²) in [5.74, 6) is -0.991. The maximum absolute atomic E-state index is 13.0. The highest BCUT2D eigenvalue weighted by molar-refractivity contribution is 6.09. The number of carbonyl (C=O) groups excluding carboxylic acids is 4. The van der Waals surface area contributed by atoms with Crippen LogP contribution in [0.15, 0.2) is 24.3 Å². The number of carbonyl (C=O) groups is 4. The smallest absolute Gasteiger partial charge is 0.326 e. The lowest BCUT2D eigenvalue weighted by molar-refractivity contribution is -0.147. The topological polar surface area (TPSA) is 92.8 Å². The molecule has 1 aliphatic carbocycles. The van der Waals surface area contributed by atoms with E-state index in [2.05, 4.69) is 26.1 Å². The number of imide groups is 1. The van der Waals surface area contributed by atoms with E-state index in [9.17, 15) is 19.2 Å². The van der Waals surface area contributed by atoms with Crippen LogP contribution in [0.5, 0.6) is 0 Å². The van der Waals surface area contributed by atoms with E-state index in [1.807, 2.05) is 19.1 Å². The molecular weight excluding hydrogens is 396 g/mol. The molecule has 1 aromatic carbocycles. The van der Waals surface area contributed by atoms with E-state index in [1.165, 1.54) is 0 Å². The van der Waals surface area contributed by atoms with E-state index >= 15 is 0 Å². The second-order valence-electron chi connectivity index (χ2n) is 9.68. The molecule has 3 amide bonds. The molecule has 7 heteroatoms. The molecule has 1 saturated carbocycles. The van der Waals surface area contributed by atoms with E-state index < -0.39 is 30.7 Å². The van der Waals surface area contributed by atoms with Gasteiger partial charge in [-0.3, -0.25) is 19.3 Å². The number of urea groups is 1. The molecule has 0 aromatic heterocycles. The van der Waals surface area contributed by atoms with Crippen molar-refractivity contribution in [1.82, 2.24) is 10.2 Å². The van der Waals surface area contributed by atoms with Gasteiger partial charge in [-0.2, -0.15) is 0 Å². The first kappa shape index (κ1) is 23.0. The van der Waals surface area contributed by atoms with Crippen LogP contribution < -0.4 is 5.32 Å². The van der Waals surface area contributed by atoms with Crippen molar-refractivity contribution >= 4 is 23.7 Å². The number of hydrogen-bond acceptors (Lipinski definition) is 5. The normalized spacial score (nSPS) is 23.7. The number of amides is 3. The number of ether oxygens (including phenoxy) is 1. The predicted molar refractivity (Wildman–Crippen MR) is 115 cm³/mol. The first-order valence-corrected chi connectivity index (χ1v) is 11.0. The van der Waals surface area contributed by atoms with E-state index in [0.717, 1.165) is 29.7 Å². The Morgan fingerprint density at radius 2 is 1.74 bits per heavy atom. The number of hydrogen-bond donors (Lipinski definition) is 1. The Balaban J connectivity index is 1.53. The van der Waals surface area contributed by atoms with Crippen molar-refractivity contribution in [3.63, 3.8) is 0 Å². The summed E-state index contributed by atoms with van der Waals surface area (Å²) in [6.07, 6.45) is 3.70. The molecule has 168 valence electrons. The number of esters is 1. The van der Waals surface area contributed by atoms with Crippen molar-refractivity contribution in [2.45, 2.75) is 65.3 Å². The first-order chi connectivity index (χ1) is 14.6. The molecule has 31 heavy (non-hydrogen) atoms. The maximum Gasteiger partial charge on any atom is 0.326 e. The molecule has 1 aromatic rings. The molecule has 2 fully saturated rings. The van der Waals surface area contributed by atoms with Crippen LogP contribution in [-0.4, -0.2) is 47.3 Å². The summed E-state index contributed by atoms with van der Waals surface area (Å²) in [5, 5.41) is 2.81. The lowest BCUT2D eigenvalue weighted by atomic mass is 9.67. The third-order valence-electron chi connectivity index (χ3n) is 6.65. The van der Waals surface area contributed by atoms with Crippen LogP contribution in [0.4, 0.5) is 4.79 Å². The Kier molecular flexibility index (Phi) is 6.53. The lowest BCUT2D eigenvalue weighted by Gasteiger charge is -2.40. The second kappa shape index (κ2) is 8.81. The largest absolute Gasteiger partial charge is 0.456 e.